The molecule has 166 valence electrons. The monoisotopic (exact) mass is 444 g/mol. The largest absolute Gasteiger partial charge is 0.459 e. The van der Waals surface area contributed by atoms with E-state index < -0.39 is 29.1 Å². The lowest BCUT2D eigenvalue weighted by atomic mass is 9.78. The van der Waals surface area contributed by atoms with E-state index in [1.165, 1.54) is 11.3 Å². The number of para-hydroxylation sites is 1. The van der Waals surface area contributed by atoms with Gasteiger partial charge in [-0.1, -0.05) is 38.0 Å². The van der Waals surface area contributed by atoms with Crippen molar-refractivity contribution in [3.05, 3.63) is 41.4 Å². The zero-order valence-corrected chi connectivity index (χ0v) is 18.7. The third-order valence-corrected chi connectivity index (χ3v) is 6.61. The summed E-state index contributed by atoms with van der Waals surface area (Å²) < 4.78 is 16.9. The highest BCUT2D eigenvalue weighted by atomic mass is 32.1. The zero-order chi connectivity index (χ0) is 21.9. The van der Waals surface area contributed by atoms with Gasteiger partial charge in [-0.3, -0.25) is 9.59 Å². The highest BCUT2D eigenvalue weighted by Gasteiger charge is 2.65. The first-order valence-electron chi connectivity index (χ1n) is 10.8. The molecule has 2 aromatic rings. The van der Waals surface area contributed by atoms with Crippen molar-refractivity contribution >= 4 is 34.1 Å². The third kappa shape index (κ3) is 4.45. The van der Waals surface area contributed by atoms with Crippen molar-refractivity contribution in [2.75, 3.05) is 18.5 Å². The van der Waals surface area contributed by atoms with Crippen molar-refractivity contribution < 1.29 is 23.8 Å². The zero-order valence-electron chi connectivity index (χ0n) is 17.9. The number of rotatable bonds is 9. The molecule has 0 saturated carbocycles. The molecule has 7 nitrogen and oxygen atoms in total. The smallest absolute Gasteiger partial charge is 0.324 e. The van der Waals surface area contributed by atoms with Crippen molar-refractivity contribution in [1.82, 2.24) is 4.98 Å². The summed E-state index contributed by atoms with van der Waals surface area (Å²) in [5, 5.41) is 5.82. The maximum absolute atomic E-state index is 12.9. The van der Waals surface area contributed by atoms with Crippen LogP contribution < -0.4 is 5.32 Å². The van der Waals surface area contributed by atoms with E-state index in [4.69, 9.17) is 14.2 Å². The van der Waals surface area contributed by atoms with Crippen LogP contribution in [0.25, 0.3) is 0 Å². The summed E-state index contributed by atoms with van der Waals surface area (Å²) in [7, 11) is 0. The lowest BCUT2D eigenvalue weighted by molar-refractivity contribution is -0.160. The SMILES string of the molecule is CCCCCOCC1CC2(CC(C)(c3csc(Nc4ccccc4)n3)OC2=O)C(=O)O1. The van der Waals surface area contributed by atoms with E-state index in [2.05, 4.69) is 17.2 Å². The second-order valence-corrected chi connectivity index (χ2v) is 9.28. The van der Waals surface area contributed by atoms with Crippen LogP contribution in [0.15, 0.2) is 35.7 Å². The van der Waals surface area contributed by atoms with Crippen molar-refractivity contribution in [2.24, 2.45) is 5.41 Å². The predicted octanol–water partition coefficient (Wildman–Crippen LogP) is 4.56. The van der Waals surface area contributed by atoms with Crippen LogP contribution in [0.3, 0.4) is 0 Å². The second-order valence-electron chi connectivity index (χ2n) is 8.42. The number of aromatic nitrogens is 1. The Morgan fingerprint density at radius 3 is 2.81 bits per heavy atom. The van der Waals surface area contributed by atoms with E-state index in [0.29, 0.717) is 24.0 Å². The Morgan fingerprint density at radius 1 is 1.23 bits per heavy atom. The molecule has 1 aromatic carbocycles. The normalized spacial score (nSPS) is 27.5. The Labute approximate surface area is 186 Å². The molecule has 2 aliphatic rings. The number of esters is 2. The first-order valence-corrected chi connectivity index (χ1v) is 11.6. The first kappa shape index (κ1) is 21.8. The molecule has 0 bridgehead atoms. The van der Waals surface area contributed by atoms with Crippen LogP contribution in [0.5, 0.6) is 0 Å². The van der Waals surface area contributed by atoms with Crippen molar-refractivity contribution in [3.8, 4) is 0 Å². The molecular formula is C23H28N2O5S. The highest BCUT2D eigenvalue weighted by Crippen LogP contribution is 2.52. The number of nitrogens with one attached hydrogen (secondary N) is 1. The molecule has 1 N–H and O–H groups in total. The topological polar surface area (TPSA) is 86.8 Å². The third-order valence-electron chi connectivity index (χ3n) is 5.86. The van der Waals surface area contributed by atoms with Crippen molar-refractivity contribution in [2.45, 2.75) is 57.7 Å². The molecule has 3 atom stereocenters. The molecule has 0 amide bonds. The molecule has 0 aliphatic carbocycles. The summed E-state index contributed by atoms with van der Waals surface area (Å²) in [5.74, 6) is -1.04. The minimum Gasteiger partial charge on any atom is -0.459 e. The predicted molar refractivity (Wildman–Crippen MR) is 117 cm³/mol. The molecule has 1 aromatic heterocycles. The number of anilines is 2. The van der Waals surface area contributed by atoms with Gasteiger partial charge in [-0.25, -0.2) is 4.98 Å². The lowest BCUT2D eigenvalue weighted by Crippen LogP contribution is -2.32. The number of ether oxygens (including phenoxy) is 3. The molecule has 2 fully saturated rings. The molecule has 3 unspecified atom stereocenters. The fourth-order valence-corrected chi connectivity index (χ4v) is 5.05. The van der Waals surface area contributed by atoms with Crippen LogP contribution in [-0.4, -0.2) is 36.2 Å². The van der Waals surface area contributed by atoms with Crippen LogP contribution in [0, 0.1) is 5.41 Å². The summed E-state index contributed by atoms with van der Waals surface area (Å²) in [6.07, 6.45) is 3.29. The number of unbranched alkanes of at least 4 members (excludes halogenated alkanes) is 2. The Kier molecular flexibility index (Phi) is 6.29. The van der Waals surface area contributed by atoms with Crippen LogP contribution in [0.4, 0.5) is 10.8 Å². The van der Waals surface area contributed by atoms with E-state index in [0.717, 1.165) is 24.9 Å². The minimum absolute atomic E-state index is 0.221. The molecule has 2 saturated heterocycles. The minimum atomic E-state index is -1.27. The Hall–Kier alpha value is -2.45. The number of cyclic esters (lactones) is 2. The van der Waals surface area contributed by atoms with Crippen LogP contribution in [0.1, 0.15) is 51.6 Å². The van der Waals surface area contributed by atoms with E-state index in [1.54, 1.807) is 0 Å². The molecule has 4 rings (SSSR count). The maximum atomic E-state index is 12.9. The van der Waals surface area contributed by atoms with Gasteiger partial charge in [0.1, 0.15) is 6.10 Å². The van der Waals surface area contributed by atoms with E-state index in [1.807, 2.05) is 42.6 Å². The van der Waals surface area contributed by atoms with Crippen molar-refractivity contribution in [1.29, 1.82) is 0 Å². The van der Waals surface area contributed by atoms with Gasteiger partial charge < -0.3 is 19.5 Å². The quantitative estimate of drug-likeness (QED) is 0.345. The van der Waals surface area contributed by atoms with Crippen molar-refractivity contribution in [3.63, 3.8) is 0 Å². The fraction of sp³-hybridized carbons (Fsp3) is 0.522. The summed E-state index contributed by atoms with van der Waals surface area (Å²) in [5.41, 5.74) is -0.689. The molecular weight excluding hydrogens is 416 g/mol. The number of hydrogen-bond acceptors (Lipinski definition) is 8. The van der Waals surface area contributed by atoms with E-state index >= 15 is 0 Å². The standard InChI is InChI=1S/C23H28N2O5S/c1-3-4-8-11-28-13-17-12-23(19(26)29-17)15-22(2,30-20(23)27)18-14-31-21(25-18)24-16-9-6-5-7-10-16/h5-7,9-10,14,17H,3-4,8,11-13,15H2,1-2H3,(H,24,25). The van der Waals surface area contributed by atoms with Gasteiger partial charge in [0, 0.05) is 30.5 Å². The van der Waals surface area contributed by atoms with Crippen LogP contribution in [0.2, 0.25) is 0 Å². The molecule has 1 spiro atoms. The maximum Gasteiger partial charge on any atom is 0.324 e. The van der Waals surface area contributed by atoms with Gasteiger partial charge in [-0.05, 0) is 25.5 Å². The van der Waals surface area contributed by atoms with Crippen LogP contribution in [-0.2, 0) is 29.4 Å². The number of benzene rings is 1. The molecule has 8 heteroatoms. The van der Waals surface area contributed by atoms with Gasteiger partial charge in [0.2, 0.25) is 0 Å². The Bertz CT molecular complexity index is 933. The molecule has 31 heavy (non-hydrogen) atoms. The van der Waals surface area contributed by atoms with Gasteiger partial charge in [-0.2, -0.15) is 0 Å². The number of carbonyl (C=O) groups is 2. The van der Waals surface area contributed by atoms with Gasteiger partial charge in [0.25, 0.3) is 0 Å². The number of thiazole rings is 1. The Balaban J connectivity index is 1.42. The van der Waals surface area contributed by atoms with Gasteiger partial charge in [-0.15, -0.1) is 11.3 Å². The van der Waals surface area contributed by atoms with Gasteiger partial charge >= 0.3 is 11.9 Å². The molecule has 0 radical (unpaired) electrons. The van der Waals surface area contributed by atoms with Gasteiger partial charge in [0.15, 0.2) is 16.1 Å². The number of hydrogen-bond donors (Lipinski definition) is 1. The molecule has 3 heterocycles. The van der Waals surface area contributed by atoms with Crippen LogP contribution >= 0.6 is 11.3 Å². The summed E-state index contributed by atoms with van der Waals surface area (Å²) in [6, 6.07) is 9.73. The summed E-state index contributed by atoms with van der Waals surface area (Å²) >= 11 is 1.43. The lowest BCUT2D eigenvalue weighted by Gasteiger charge is -2.20. The fourth-order valence-electron chi connectivity index (χ4n) is 4.20. The summed E-state index contributed by atoms with van der Waals surface area (Å²) in [6.45, 7) is 4.88. The summed E-state index contributed by atoms with van der Waals surface area (Å²) in [4.78, 5) is 30.2. The van der Waals surface area contributed by atoms with E-state index in [9.17, 15) is 9.59 Å². The van der Waals surface area contributed by atoms with E-state index in [-0.39, 0.29) is 12.8 Å². The average Bonchev–Trinajstić information content (AvgIpc) is 3.41. The second kappa shape index (κ2) is 8.96. The first-order chi connectivity index (χ1) is 14.9. The highest BCUT2D eigenvalue weighted by molar-refractivity contribution is 7.13. The number of carbonyl (C=O) groups excluding carboxylic acids is 2. The Morgan fingerprint density at radius 2 is 2.03 bits per heavy atom. The average molecular weight is 445 g/mol. The van der Waals surface area contributed by atoms with Gasteiger partial charge in [0.05, 0.1) is 12.3 Å². The molecule has 2 aliphatic heterocycles. The number of nitrogens with zero attached hydrogens (tertiary/aromatic N) is 1.